The van der Waals surface area contributed by atoms with E-state index in [2.05, 4.69) is 13.8 Å². The Morgan fingerprint density at radius 3 is 2.42 bits per heavy atom. The minimum atomic E-state index is -1.78. The molecule has 0 aliphatic heterocycles. The van der Waals surface area contributed by atoms with E-state index in [4.69, 9.17) is 9.47 Å². The first-order chi connectivity index (χ1) is 16.8. The van der Waals surface area contributed by atoms with E-state index in [0.29, 0.717) is 12.3 Å². The third kappa shape index (κ3) is 3.26. The summed E-state index contributed by atoms with van der Waals surface area (Å²) in [5.74, 6) is -1.38. The maximum absolute atomic E-state index is 14.4. The molecule has 5 rings (SSSR count). The quantitative estimate of drug-likeness (QED) is 0.483. The van der Waals surface area contributed by atoms with Crippen LogP contribution in [0.3, 0.4) is 0 Å². The summed E-state index contributed by atoms with van der Waals surface area (Å²) >= 11 is 0. The van der Waals surface area contributed by atoms with E-state index in [0.717, 1.165) is 12.0 Å². The fourth-order valence-electron chi connectivity index (χ4n) is 8.56. The Kier molecular flexibility index (Phi) is 5.86. The first-order valence-corrected chi connectivity index (χ1v) is 13.3. The van der Waals surface area contributed by atoms with Crippen LogP contribution in [0, 0.1) is 39.9 Å². The summed E-state index contributed by atoms with van der Waals surface area (Å²) in [6, 6.07) is 9.44. The van der Waals surface area contributed by atoms with E-state index < -0.39 is 46.6 Å². The number of fused-ring (bicyclic) bond motifs is 3. The molecule has 2 N–H and O–H groups in total. The molecule has 196 valence electrons. The summed E-state index contributed by atoms with van der Waals surface area (Å²) in [4.78, 5) is 27.2. The summed E-state index contributed by atoms with van der Waals surface area (Å²) in [5, 5.41) is 24.0. The normalized spacial score (nSPS) is 47.0. The molecule has 4 saturated carbocycles. The zero-order valence-corrected chi connectivity index (χ0v) is 22.2. The van der Waals surface area contributed by atoms with E-state index in [1.807, 2.05) is 51.1 Å². The molecule has 6 heteroatoms. The summed E-state index contributed by atoms with van der Waals surface area (Å²) in [5.41, 5.74) is -2.74. The van der Waals surface area contributed by atoms with Crippen molar-refractivity contribution < 1.29 is 29.3 Å². The highest BCUT2D eigenvalue weighted by atomic mass is 16.5. The Bertz CT molecular complexity index is 1080. The molecule has 0 spiro atoms. The minimum Gasteiger partial charge on any atom is -0.458 e. The molecule has 6 nitrogen and oxygen atoms in total. The molecule has 0 saturated heterocycles. The molecule has 0 heterocycles. The number of Topliss-reactive ketones (excluding diaryl/α,β-unsaturated/α-hetero) is 1. The van der Waals surface area contributed by atoms with Crippen molar-refractivity contribution >= 4 is 17.8 Å². The molecule has 36 heavy (non-hydrogen) atoms. The molecular formula is C30H40O6. The van der Waals surface area contributed by atoms with E-state index in [9.17, 15) is 19.8 Å². The predicted octanol–water partition coefficient (Wildman–Crippen LogP) is 4.04. The molecule has 1 aromatic carbocycles. The second-order valence-corrected chi connectivity index (χ2v) is 12.8. The van der Waals surface area contributed by atoms with Gasteiger partial charge < -0.3 is 19.7 Å². The van der Waals surface area contributed by atoms with Gasteiger partial charge in [-0.25, -0.2) is 4.79 Å². The fourth-order valence-corrected chi connectivity index (χ4v) is 8.56. The van der Waals surface area contributed by atoms with Gasteiger partial charge in [0.25, 0.3) is 0 Å². The molecule has 0 amide bonds. The standard InChI is InChI=1S/C30H40O6/c1-17-16-30(34)22(23(17)36-20(31)13-12-18-10-8-7-9-11-18)24(32)28(4)15-14-19-21(27(19,2)3)25(35-6)29(28,5)26(30)33/h7-13,17,19,21-25,32,34H,14-16H2,1-6H3/b13-12+/t17-,19+,21+,22+,23-,24+,25+,28-,29+,30+/m0/s1. The van der Waals surface area contributed by atoms with Crippen molar-refractivity contribution in [3.8, 4) is 0 Å². The number of ether oxygens (including phenoxy) is 2. The van der Waals surface area contributed by atoms with Crippen LogP contribution in [0.5, 0.6) is 0 Å². The molecular weight excluding hydrogens is 456 g/mol. The monoisotopic (exact) mass is 496 g/mol. The zero-order valence-electron chi connectivity index (χ0n) is 22.2. The molecule has 10 atom stereocenters. The van der Waals surface area contributed by atoms with E-state index in [1.54, 1.807) is 13.2 Å². The van der Waals surface area contributed by atoms with Gasteiger partial charge in [0.2, 0.25) is 0 Å². The first-order valence-electron chi connectivity index (χ1n) is 13.3. The van der Waals surface area contributed by atoms with Crippen LogP contribution in [-0.2, 0) is 19.1 Å². The van der Waals surface area contributed by atoms with Gasteiger partial charge in [0, 0.05) is 18.6 Å². The largest absolute Gasteiger partial charge is 0.458 e. The van der Waals surface area contributed by atoms with Crippen LogP contribution in [0.1, 0.15) is 59.4 Å². The number of aliphatic hydroxyl groups is 2. The van der Waals surface area contributed by atoms with E-state index >= 15 is 0 Å². The number of rotatable bonds is 4. The molecule has 4 aliphatic carbocycles. The molecule has 0 radical (unpaired) electrons. The van der Waals surface area contributed by atoms with Crippen molar-refractivity contribution in [2.75, 3.05) is 7.11 Å². The Hall–Kier alpha value is -2.02. The Morgan fingerprint density at radius 1 is 1.11 bits per heavy atom. The topological polar surface area (TPSA) is 93.1 Å². The highest BCUT2D eigenvalue weighted by Crippen LogP contribution is 2.73. The third-order valence-electron chi connectivity index (χ3n) is 10.9. The van der Waals surface area contributed by atoms with Crippen LogP contribution in [0.25, 0.3) is 6.08 Å². The van der Waals surface area contributed by atoms with Crippen LogP contribution in [0.4, 0.5) is 0 Å². The second-order valence-electron chi connectivity index (χ2n) is 12.8. The lowest BCUT2D eigenvalue weighted by Crippen LogP contribution is -2.72. The van der Waals surface area contributed by atoms with Gasteiger partial charge in [-0.05, 0) is 61.0 Å². The van der Waals surface area contributed by atoms with Crippen LogP contribution in [0.15, 0.2) is 36.4 Å². The fraction of sp³-hybridized carbons (Fsp3) is 0.667. The average molecular weight is 497 g/mol. The van der Waals surface area contributed by atoms with Gasteiger partial charge in [0.05, 0.1) is 23.5 Å². The summed E-state index contributed by atoms with van der Waals surface area (Å²) in [7, 11) is 1.64. The maximum Gasteiger partial charge on any atom is 0.331 e. The van der Waals surface area contributed by atoms with Gasteiger partial charge in [-0.3, -0.25) is 4.79 Å². The number of carbonyl (C=O) groups is 2. The minimum absolute atomic E-state index is 0.0574. The van der Waals surface area contributed by atoms with E-state index in [1.165, 1.54) is 6.08 Å². The number of methoxy groups -OCH3 is 1. The second kappa shape index (κ2) is 8.24. The molecule has 4 fully saturated rings. The highest BCUT2D eigenvalue weighted by Gasteiger charge is 2.79. The zero-order chi connectivity index (χ0) is 26.3. The summed E-state index contributed by atoms with van der Waals surface area (Å²) < 4.78 is 11.9. The SMILES string of the molecule is CO[C@@H]1[C@H]2[C@@H](CC[C@@]3(C)[C@H](O)[C@H]4[C@@H](OC(=O)/C=C/c5ccccc5)[C@@H](C)C[C@]4(O)C(=O)[C@@]13C)C2(C)C. The average Bonchev–Trinajstić information content (AvgIpc) is 3.31. The van der Waals surface area contributed by atoms with Crippen LogP contribution in [-0.4, -0.2) is 53.0 Å². The van der Waals surface area contributed by atoms with Crippen LogP contribution >= 0.6 is 0 Å². The first kappa shape index (κ1) is 25.6. The number of aliphatic hydroxyl groups excluding tert-OH is 1. The van der Waals surface area contributed by atoms with E-state index in [-0.39, 0.29) is 29.5 Å². The molecule has 0 bridgehead atoms. The molecule has 0 unspecified atom stereocenters. The van der Waals surface area contributed by atoms with Gasteiger partial charge in [0.1, 0.15) is 11.7 Å². The van der Waals surface area contributed by atoms with Crippen LogP contribution < -0.4 is 0 Å². The van der Waals surface area contributed by atoms with Crippen molar-refractivity contribution in [1.29, 1.82) is 0 Å². The van der Waals surface area contributed by atoms with Gasteiger partial charge >= 0.3 is 5.97 Å². The number of hydrogen-bond donors (Lipinski definition) is 2. The van der Waals surface area contributed by atoms with Gasteiger partial charge in [0.15, 0.2) is 5.78 Å². The van der Waals surface area contributed by atoms with Crippen molar-refractivity contribution in [3.05, 3.63) is 42.0 Å². The molecule has 4 aliphatic rings. The number of carbonyl (C=O) groups excluding carboxylic acids is 2. The number of esters is 1. The Morgan fingerprint density at radius 2 is 1.78 bits per heavy atom. The highest BCUT2D eigenvalue weighted by molar-refractivity contribution is 5.96. The smallest absolute Gasteiger partial charge is 0.331 e. The van der Waals surface area contributed by atoms with Crippen LogP contribution in [0.2, 0.25) is 0 Å². The number of ketones is 1. The lowest BCUT2D eigenvalue weighted by Gasteiger charge is -2.60. The number of hydrogen-bond acceptors (Lipinski definition) is 6. The summed E-state index contributed by atoms with van der Waals surface area (Å²) in [6.45, 7) is 10.2. The lowest BCUT2D eigenvalue weighted by molar-refractivity contribution is -0.233. The lowest BCUT2D eigenvalue weighted by atomic mass is 9.46. The maximum atomic E-state index is 14.4. The van der Waals surface area contributed by atoms with Gasteiger partial charge in [-0.1, -0.05) is 58.0 Å². The molecule has 0 aromatic heterocycles. The number of benzene rings is 1. The Balaban J connectivity index is 1.48. The summed E-state index contributed by atoms with van der Waals surface area (Å²) in [6.07, 6.45) is 2.54. The van der Waals surface area contributed by atoms with Crippen molar-refractivity contribution in [2.45, 2.75) is 77.8 Å². The van der Waals surface area contributed by atoms with Crippen molar-refractivity contribution in [3.63, 3.8) is 0 Å². The van der Waals surface area contributed by atoms with Gasteiger partial charge in [-0.2, -0.15) is 0 Å². The predicted molar refractivity (Wildman–Crippen MR) is 136 cm³/mol. The third-order valence-corrected chi connectivity index (χ3v) is 10.9. The van der Waals surface area contributed by atoms with Gasteiger partial charge in [-0.15, -0.1) is 0 Å². The Labute approximate surface area is 214 Å². The molecule has 1 aromatic rings. The van der Waals surface area contributed by atoms with Crippen molar-refractivity contribution in [2.24, 2.45) is 39.9 Å². The van der Waals surface area contributed by atoms with Crippen molar-refractivity contribution in [1.82, 2.24) is 0 Å².